The van der Waals surface area contributed by atoms with Gasteiger partial charge in [-0.3, -0.25) is 19.6 Å². The number of carbonyl (C=O) groups is 1. The minimum Gasteiger partial charge on any atom is -0.497 e. The molecule has 0 radical (unpaired) electrons. The summed E-state index contributed by atoms with van der Waals surface area (Å²) in [6.45, 7) is 4.72. The number of nitro groups is 1. The maximum absolute atomic E-state index is 12.6. The number of hydrogen-bond acceptors (Lipinski definition) is 6. The van der Waals surface area contributed by atoms with E-state index in [-0.39, 0.29) is 17.3 Å². The highest BCUT2D eigenvalue weighted by Crippen LogP contribution is 2.30. The lowest BCUT2D eigenvalue weighted by atomic mass is 10.2. The Bertz CT molecular complexity index is 815. The van der Waals surface area contributed by atoms with Gasteiger partial charge in [-0.2, -0.15) is 5.10 Å². The largest absolute Gasteiger partial charge is 0.497 e. The zero-order valence-corrected chi connectivity index (χ0v) is 14.7. The minimum absolute atomic E-state index is 0.0846. The van der Waals surface area contributed by atoms with Crippen molar-refractivity contribution in [2.45, 2.75) is 26.8 Å². The molecule has 2 rings (SSSR count). The topological polar surface area (TPSA) is 109 Å². The van der Waals surface area contributed by atoms with Crippen molar-refractivity contribution < 1.29 is 19.2 Å². The molecule has 0 fully saturated rings. The molecule has 9 nitrogen and oxygen atoms in total. The molecule has 1 aromatic heterocycles. The van der Waals surface area contributed by atoms with Crippen LogP contribution in [0.15, 0.2) is 18.2 Å². The number of methoxy groups -OCH3 is 2. The van der Waals surface area contributed by atoms with Gasteiger partial charge in [-0.25, -0.2) is 0 Å². The highest BCUT2D eigenvalue weighted by atomic mass is 16.6. The van der Waals surface area contributed by atoms with Gasteiger partial charge in [-0.05, 0) is 32.9 Å². The van der Waals surface area contributed by atoms with Gasteiger partial charge in [-0.15, -0.1) is 0 Å². The van der Waals surface area contributed by atoms with Crippen molar-refractivity contribution in [3.63, 3.8) is 0 Å². The molecule has 0 aliphatic rings. The summed E-state index contributed by atoms with van der Waals surface area (Å²) in [5.74, 6) is 0.651. The van der Waals surface area contributed by atoms with Gasteiger partial charge in [0.1, 0.15) is 28.9 Å². The Morgan fingerprint density at radius 3 is 2.52 bits per heavy atom. The number of hydrogen-bond donors (Lipinski definition) is 1. The van der Waals surface area contributed by atoms with Crippen molar-refractivity contribution in [2.24, 2.45) is 0 Å². The molecule has 0 spiro atoms. The van der Waals surface area contributed by atoms with Crippen LogP contribution in [0.4, 0.5) is 11.4 Å². The maximum Gasteiger partial charge on any atom is 0.312 e. The number of aryl methyl sites for hydroxylation is 1. The van der Waals surface area contributed by atoms with Crippen LogP contribution in [-0.2, 0) is 4.79 Å². The standard InChI is InChI=1S/C16H20N4O5/c1-9-15(20(22)23)10(2)19(18-9)11(3)16(21)17-13-8-12(24-4)6-7-14(13)25-5/h6-8,11H,1-5H3,(H,17,21). The van der Waals surface area contributed by atoms with Gasteiger partial charge in [0.25, 0.3) is 0 Å². The number of carbonyl (C=O) groups excluding carboxylic acids is 1. The van der Waals surface area contributed by atoms with E-state index in [1.807, 2.05) is 0 Å². The average molecular weight is 348 g/mol. The second-order valence-electron chi connectivity index (χ2n) is 5.45. The molecule has 0 saturated carbocycles. The van der Waals surface area contributed by atoms with Crippen LogP contribution in [0.2, 0.25) is 0 Å². The first kappa shape index (κ1) is 18.2. The van der Waals surface area contributed by atoms with Gasteiger partial charge < -0.3 is 14.8 Å². The van der Waals surface area contributed by atoms with E-state index < -0.39 is 11.0 Å². The van der Waals surface area contributed by atoms with Gasteiger partial charge in [0.2, 0.25) is 5.91 Å². The predicted octanol–water partition coefficient (Wildman–Crippen LogP) is 2.63. The van der Waals surface area contributed by atoms with Crippen LogP contribution in [-0.4, -0.2) is 34.8 Å². The summed E-state index contributed by atoms with van der Waals surface area (Å²) in [5.41, 5.74) is 0.942. The number of nitrogens with zero attached hydrogens (tertiary/aromatic N) is 3. The Labute approximate surface area is 144 Å². The van der Waals surface area contributed by atoms with E-state index in [2.05, 4.69) is 10.4 Å². The second-order valence-corrected chi connectivity index (χ2v) is 5.45. The lowest BCUT2D eigenvalue weighted by Crippen LogP contribution is -2.25. The lowest BCUT2D eigenvalue weighted by Gasteiger charge is -2.16. The number of ether oxygens (including phenoxy) is 2. The number of nitrogens with one attached hydrogen (secondary N) is 1. The third kappa shape index (κ3) is 3.54. The zero-order valence-electron chi connectivity index (χ0n) is 14.7. The molecule has 2 aromatic rings. The average Bonchev–Trinajstić information content (AvgIpc) is 2.88. The SMILES string of the molecule is COc1ccc(OC)c(NC(=O)C(C)n2nc(C)c([N+](=O)[O-])c2C)c1. The third-order valence-corrected chi connectivity index (χ3v) is 3.88. The first-order valence-electron chi connectivity index (χ1n) is 7.53. The lowest BCUT2D eigenvalue weighted by molar-refractivity contribution is -0.386. The molecule has 9 heteroatoms. The van der Waals surface area contributed by atoms with Crippen molar-refractivity contribution >= 4 is 17.3 Å². The van der Waals surface area contributed by atoms with Gasteiger partial charge in [0, 0.05) is 6.07 Å². The van der Waals surface area contributed by atoms with Crippen molar-refractivity contribution in [2.75, 3.05) is 19.5 Å². The van der Waals surface area contributed by atoms with E-state index in [9.17, 15) is 14.9 Å². The van der Waals surface area contributed by atoms with Gasteiger partial charge in [-0.1, -0.05) is 0 Å². The molecular formula is C16H20N4O5. The summed E-state index contributed by atoms with van der Waals surface area (Å²) in [4.78, 5) is 23.2. The van der Waals surface area contributed by atoms with E-state index in [0.29, 0.717) is 22.9 Å². The van der Waals surface area contributed by atoms with Crippen LogP contribution in [0.1, 0.15) is 24.4 Å². The fourth-order valence-corrected chi connectivity index (χ4v) is 2.56. The molecular weight excluding hydrogens is 328 g/mol. The van der Waals surface area contributed by atoms with Gasteiger partial charge in [0.05, 0.1) is 24.8 Å². The second kappa shape index (κ2) is 7.20. The molecule has 0 aliphatic heterocycles. The van der Waals surface area contributed by atoms with E-state index >= 15 is 0 Å². The Morgan fingerprint density at radius 1 is 1.32 bits per heavy atom. The molecule has 0 saturated heterocycles. The van der Waals surface area contributed by atoms with E-state index in [1.165, 1.54) is 25.8 Å². The number of benzene rings is 1. The van der Waals surface area contributed by atoms with E-state index in [4.69, 9.17) is 9.47 Å². The molecule has 1 heterocycles. The number of rotatable bonds is 6. The Kier molecular flexibility index (Phi) is 5.26. The smallest absolute Gasteiger partial charge is 0.312 e. The summed E-state index contributed by atoms with van der Waals surface area (Å²) in [5, 5.41) is 18.0. The van der Waals surface area contributed by atoms with Crippen molar-refractivity contribution in [3.05, 3.63) is 39.7 Å². The Morgan fingerprint density at radius 2 is 2.00 bits per heavy atom. The molecule has 1 aromatic carbocycles. The van der Waals surface area contributed by atoms with Crippen LogP contribution in [0, 0.1) is 24.0 Å². The minimum atomic E-state index is -0.747. The highest BCUT2D eigenvalue weighted by molar-refractivity contribution is 5.95. The van der Waals surface area contributed by atoms with Gasteiger partial charge >= 0.3 is 5.69 Å². The molecule has 1 atom stereocenters. The summed E-state index contributed by atoms with van der Waals surface area (Å²) in [6.07, 6.45) is 0. The van der Waals surface area contributed by atoms with Crippen molar-refractivity contribution in [1.29, 1.82) is 0 Å². The fraction of sp³-hybridized carbons (Fsp3) is 0.375. The van der Waals surface area contributed by atoms with Crippen LogP contribution in [0.5, 0.6) is 11.5 Å². The number of amides is 1. The van der Waals surface area contributed by atoms with Crippen molar-refractivity contribution in [3.8, 4) is 11.5 Å². The first-order chi connectivity index (χ1) is 11.8. The molecule has 1 unspecified atom stereocenters. The van der Waals surface area contributed by atoms with Gasteiger partial charge in [0.15, 0.2) is 0 Å². The predicted molar refractivity (Wildman–Crippen MR) is 91.2 cm³/mol. The summed E-state index contributed by atoms with van der Waals surface area (Å²) >= 11 is 0. The monoisotopic (exact) mass is 348 g/mol. The van der Waals surface area contributed by atoms with E-state index in [0.717, 1.165) is 0 Å². The first-order valence-corrected chi connectivity index (χ1v) is 7.53. The summed E-state index contributed by atoms with van der Waals surface area (Å²) in [6, 6.07) is 4.27. The molecule has 0 aliphatic carbocycles. The summed E-state index contributed by atoms with van der Waals surface area (Å²) < 4.78 is 11.7. The van der Waals surface area contributed by atoms with Crippen LogP contribution in [0.3, 0.4) is 0 Å². The molecule has 1 amide bonds. The number of anilines is 1. The van der Waals surface area contributed by atoms with E-state index in [1.54, 1.807) is 32.0 Å². The Balaban J connectivity index is 2.30. The van der Waals surface area contributed by atoms with Crippen LogP contribution < -0.4 is 14.8 Å². The molecule has 25 heavy (non-hydrogen) atoms. The van der Waals surface area contributed by atoms with Crippen LogP contribution >= 0.6 is 0 Å². The third-order valence-electron chi connectivity index (χ3n) is 3.88. The Hall–Kier alpha value is -3.10. The molecule has 0 bridgehead atoms. The quantitative estimate of drug-likeness (QED) is 0.635. The number of aromatic nitrogens is 2. The van der Waals surface area contributed by atoms with Crippen molar-refractivity contribution in [1.82, 2.24) is 9.78 Å². The zero-order chi connectivity index (χ0) is 18.7. The fourth-order valence-electron chi connectivity index (χ4n) is 2.56. The molecule has 134 valence electrons. The molecule has 1 N–H and O–H groups in total. The highest BCUT2D eigenvalue weighted by Gasteiger charge is 2.27. The normalized spacial score (nSPS) is 11.7. The van der Waals surface area contributed by atoms with Crippen LogP contribution in [0.25, 0.3) is 0 Å². The maximum atomic E-state index is 12.6. The summed E-state index contributed by atoms with van der Waals surface area (Å²) in [7, 11) is 3.01.